The van der Waals surface area contributed by atoms with Crippen LogP contribution in [0.4, 0.5) is 4.79 Å². The zero-order valence-electron chi connectivity index (χ0n) is 10.8. The molecule has 1 fully saturated rings. The molecule has 0 aromatic rings. The number of rotatable bonds is 5. The number of alkyl carbamates (subject to hydrolysis) is 1. The zero-order valence-corrected chi connectivity index (χ0v) is 10.8. The van der Waals surface area contributed by atoms with Crippen molar-refractivity contribution in [1.82, 2.24) is 5.32 Å². The van der Waals surface area contributed by atoms with Crippen molar-refractivity contribution >= 4 is 12.4 Å². The number of ether oxygens (including phenoxy) is 1. The molecule has 0 aromatic carbocycles. The molecule has 1 N–H and O–H groups in total. The van der Waals surface area contributed by atoms with Crippen molar-refractivity contribution < 1.29 is 14.3 Å². The molecule has 1 saturated carbocycles. The minimum absolute atomic E-state index is 0.0265. The molecular weight excluding hydrogens is 218 g/mol. The maximum atomic E-state index is 11.5. The van der Waals surface area contributed by atoms with Gasteiger partial charge in [0, 0.05) is 12.5 Å². The van der Waals surface area contributed by atoms with E-state index in [1.807, 2.05) is 13.8 Å². The van der Waals surface area contributed by atoms with Gasteiger partial charge in [0.25, 0.3) is 0 Å². The normalized spacial score (nSPS) is 26.0. The van der Waals surface area contributed by atoms with Crippen molar-refractivity contribution in [3.63, 3.8) is 0 Å². The van der Waals surface area contributed by atoms with Gasteiger partial charge in [0.2, 0.25) is 0 Å². The number of amides is 1. The molecule has 0 aromatic heterocycles. The highest BCUT2D eigenvalue weighted by Crippen LogP contribution is 2.26. The Hall–Kier alpha value is -1.06. The van der Waals surface area contributed by atoms with E-state index in [1.165, 1.54) is 0 Å². The van der Waals surface area contributed by atoms with Crippen molar-refractivity contribution in [2.24, 2.45) is 5.92 Å². The molecule has 98 valence electrons. The molecule has 1 rings (SSSR count). The van der Waals surface area contributed by atoms with Crippen LogP contribution in [0.1, 0.15) is 52.4 Å². The van der Waals surface area contributed by atoms with Gasteiger partial charge in [-0.1, -0.05) is 6.92 Å². The van der Waals surface area contributed by atoms with E-state index in [0.29, 0.717) is 12.3 Å². The van der Waals surface area contributed by atoms with Gasteiger partial charge in [-0.2, -0.15) is 0 Å². The maximum Gasteiger partial charge on any atom is 0.407 e. The monoisotopic (exact) mass is 241 g/mol. The van der Waals surface area contributed by atoms with Crippen molar-refractivity contribution in [2.45, 2.75) is 64.5 Å². The summed E-state index contributed by atoms with van der Waals surface area (Å²) in [7, 11) is 0. The number of hydrogen-bond acceptors (Lipinski definition) is 3. The first-order chi connectivity index (χ1) is 8.15. The van der Waals surface area contributed by atoms with Gasteiger partial charge in [-0.05, 0) is 44.9 Å². The summed E-state index contributed by atoms with van der Waals surface area (Å²) in [5, 5.41) is 2.90. The van der Waals surface area contributed by atoms with Crippen LogP contribution in [0.15, 0.2) is 0 Å². The second kappa shape index (κ2) is 7.30. The minimum atomic E-state index is -0.307. The van der Waals surface area contributed by atoms with E-state index in [0.717, 1.165) is 38.4 Å². The van der Waals surface area contributed by atoms with Gasteiger partial charge in [0.05, 0.1) is 0 Å². The molecule has 17 heavy (non-hydrogen) atoms. The molecule has 1 unspecified atom stereocenters. The molecule has 0 heterocycles. The summed E-state index contributed by atoms with van der Waals surface area (Å²) >= 11 is 0. The quantitative estimate of drug-likeness (QED) is 0.753. The summed E-state index contributed by atoms with van der Waals surface area (Å²) in [5.41, 5.74) is 0. The molecule has 4 heteroatoms. The fraction of sp³-hybridized carbons (Fsp3) is 0.846. The Morgan fingerprint density at radius 1 is 1.41 bits per heavy atom. The average molecular weight is 241 g/mol. The van der Waals surface area contributed by atoms with Crippen LogP contribution < -0.4 is 5.32 Å². The first kappa shape index (κ1) is 14.0. The topological polar surface area (TPSA) is 55.4 Å². The molecule has 0 bridgehead atoms. The Kier molecular flexibility index (Phi) is 6.01. The standard InChI is InChI=1S/C13H23NO3/c1-3-10(2)17-13(16)14-12-6-4-11(5-7-12)8-9-15/h9-12H,3-8H2,1-2H3,(H,14,16). The molecule has 1 aliphatic rings. The van der Waals surface area contributed by atoms with E-state index in [1.54, 1.807) is 0 Å². The molecule has 1 aliphatic carbocycles. The largest absolute Gasteiger partial charge is 0.447 e. The van der Waals surface area contributed by atoms with Crippen LogP contribution in [-0.2, 0) is 9.53 Å². The lowest BCUT2D eigenvalue weighted by Gasteiger charge is -2.28. The van der Waals surface area contributed by atoms with Crippen LogP contribution in [0.5, 0.6) is 0 Å². The van der Waals surface area contributed by atoms with Crippen molar-refractivity contribution in [3.8, 4) is 0 Å². The molecule has 1 amide bonds. The summed E-state index contributed by atoms with van der Waals surface area (Å²) < 4.78 is 5.17. The van der Waals surface area contributed by atoms with E-state index < -0.39 is 0 Å². The SMILES string of the molecule is CCC(C)OC(=O)NC1CCC(CC=O)CC1. The third kappa shape index (κ3) is 5.20. The fourth-order valence-electron chi connectivity index (χ4n) is 2.15. The van der Waals surface area contributed by atoms with E-state index in [-0.39, 0.29) is 18.2 Å². The van der Waals surface area contributed by atoms with Crippen LogP contribution in [0.2, 0.25) is 0 Å². The van der Waals surface area contributed by atoms with Crippen LogP contribution in [0, 0.1) is 5.92 Å². The highest BCUT2D eigenvalue weighted by molar-refractivity contribution is 5.67. The van der Waals surface area contributed by atoms with Gasteiger partial charge in [-0.25, -0.2) is 4.79 Å². The Bertz CT molecular complexity index is 247. The highest BCUT2D eigenvalue weighted by Gasteiger charge is 2.22. The van der Waals surface area contributed by atoms with E-state index in [4.69, 9.17) is 4.74 Å². The minimum Gasteiger partial charge on any atom is -0.447 e. The van der Waals surface area contributed by atoms with E-state index in [9.17, 15) is 9.59 Å². The Labute approximate surface area is 103 Å². The molecule has 0 aliphatic heterocycles. The molecular formula is C13H23NO3. The van der Waals surface area contributed by atoms with Gasteiger partial charge in [-0.3, -0.25) is 0 Å². The zero-order chi connectivity index (χ0) is 12.7. The Balaban J connectivity index is 2.21. The highest BCUT2D eigenvalue weighted by atomic mass is 16.6. The Morgan fingerprint density at radius 3 is 2.59 bits per heavy atom. The van der Waals surface area contributed by atoms with Gasteiger partial charge >= 0.3 is 6.09 Å². The molecule has 0 spiro atoms. The van der Waals surface area contributed by atoms with Gasteiger partial charge in [0.15, 0.2) is 0 Å². The second-order valence-corrected chi connectivity index (χ2v) is 4.89. The van der Waals surface area contributed by atoms with Crippen molar-refractivity contribution in [3.05, 3.63) is 0 Å². The molecule has 4 nitrogen and oxygen atoms in total. The summed E-state index contributed by atoms with van der Waals surface area (Å²) in [5.74, 6) is 0.510. The van der Waals surface area contributed by atoms with E-state index >= 15 is 0 Å². The average Bonchev–Trinajstić information content (AvgIpc) is 2.31. The number of hydrogen-bond donors (Lipinski definition) is 1. The van der Waals surface area contributed by atoms with Crippen LogP contribution in [-0.4, -0.2) is 24.5 Å². The summed E-state index contributed by atoms with van der Waals surface area (Å²) in [6, 6.07) is 0.217. The smallest absolute Gasteiger partial charge is 0.407 e. The number of carbonyl (C=O) groups excluding carboxylic acids is 2. The lowest BCUT2D eigenvalue weighted by Crippen LogP contribution is -2.39. The number of aldehydes is 1. The van der Waals surface area contributed by atoms with Crippen molar-refractivity contribution in [2.75, 3.05) is 0 Å². The molecule has 0 saturated heterocycles. The number of nitrogens with one attached hydrogen (secondary N) is 1. The predicted molar refractivity (Wildman–Crippen MR) is 65.8 cm³/mol. The fourth-order valence-corrected chi connectivity index (χ4v) is 2.15. The second-order valence-electron chi connectivity index (χ2n) is 4.89. The van der Waals surface area contributed by atoms with Gasteiger partial charge in [0.1, 0.15) is 12.4 Å². The first-order valence-corrected chi connectivity index (χ1v) is 6.56. The van der Waals surface area contributed by atoms with Gasteiger partial charge in [-0.15, -0.1) is 0 Å². The van der Waals surface area contributed by atoms with Crippen LogP contribution in [0.25, 0.3) is 0 Å². The van der Waals surface area contributed by atoms with Crippen molar-refractivity contribution in [1.29, 1.82) is 0 Å². The van der Waals surface area contributed by atoms with Gasteiger partial charge < -0.3 is 14.8 Å². The lowest BCUT2D eigenvalue weighted by atomic mass is 9.84. The lowest BCUT2D eigenvalue weighted by molar-refractivity contribution is -0.108. The van der Waals surface area contributed by atoms with Crippen LogP contribution in [0.3, 0.4) is 0 Å². The molecule has 0 radical (unpaired) electrons. The molecule has 1 atom stereocenters. The summed E-state index contributed by atoms with van der Waals surface area (Å²) in [6.07, 6.45) is 6.10. The third-order valence-electron chi connectivity index (χ3n) is 3.48. The summed E-state index contributed by atoms with van der Waals surface area (Å²) in [6.45, 7) is 3.88. The summed E-state index contributed by atoms with van der Waals surface area (Å²) in [4.78, 5) is 21.9. The number of carbonyl (C=O) groups is 2. The Morgan fingerprint density at radius 2 is 2.06 bits per heavy atom. The third-order valence-corrected chi connectivity index (χ3v) is 3.48. The maximum absolute atomic E-state index is 11.5. The van der Waals surface area contributed by atoms with Crippen LogP contribution >= 0.6 is 0 Å². The van der Waals surface area contributed by atoms with E-state index in [2.05, 4.69) is 5.32 Å². The first-order valence-electron chi connectivity index (χ1n) is 6.56. The predicted octanol–water partition coefficient (Wildman–Crippen LogP) is 2.66.